The van der Waals surface area contributed by atoms with Crippen molar-refractivity contribution < 1.29 is 0 Å². The Labute approximate surface area is 93.0 Å². The first kappa shape index (κ1) is 10.1. The molecule has 0 atom stereocenters. The molecule has 3 nitrogen and oxygen atoms in total. The lowest BCUT2D eigenvalue weighted by Gasteiger charge is -2.07. The van der Waals surface area contributed by atoms with E-state index in [0.717, 1.165) is 17.7 Å². The number of nitrogens with zero attached hydrogens (tertiary/aromatic N) is 2. The highest BCUT2D eigenvalue weighted by Crippen LogP contribution is 2.30. The van der Waals surface area contributed by atoms with E-state index in [1.54, 1.807) is 11.3 Å². The number of nitrogen functional groups attached to an aromatic ring is 1. The molecule has 4 heteroatoms. The molecule has 0 aliphatic heterocycles. The number of nitrogens with two attached hydrogens (primary N) is 1. The van der Waals surface area contributed by atoms with E-state index in [-0.39, 0.29) is 0 Å². The summed E-state index contributed by atoms with van der Waals surface area (Å²) in [4.78, 5) is 9.62. The predicted octanol–water partition coefficient (Wildman–Crippen LogP) is 2.66. The average molecular weight is 219 g/mol. The minimum absolute atomic E-state index is 0.591. The normalized spacial score (nSPS) is 10.5. The second-order valence-electron chi connectivity index (χ2n) is 3.33. The standard InChI is InChI=1S/C11H13N3S/c1-3-8-10(13-6-14-11(8)12)9-4-5-15-7(9)2/h4-6H,3H2,1-2H3,(H2,12,13,14). The summed E-state index contributed by atoms with van der Waals surface area (Å²) in [6.45, 7) is 4.16. The van der Waals surface area contributed by atoms with Crippen molar-refractivity contribution in [3.05, 3.63) is 28.2 Å². The van der Waals surface area contributed by atoms with Crippen molar-refractivity contribution in [1.29, 1.82) is 0 Å². The highest BCUT2D eigenvalue weighted by molar-refractivity contribution is 7.10. The minimum Gasteiger partial charge on any atom is -0.383 e. The number of aromatic nitrogens is 2. The van der Waals surface area contributed by atoms with Crippen LogP contribution in [-0.2, 0) is 6.42 Å². The zero-order chi connectivity index (χ0) is 10.8. The Bertz CT molecular complexity index is 476. The Kier molecular flexibility index (Phi) is 2.68. The monoisotopic (exact) mass is 219 g/mol. The van der Waals surface area contributed by atoms with Gasteiger partial charge in [-0.1, -0.05) is 6.92 Å². The van der Waals surface area contributed by atoms with Crippen LogP contribution in [0.15, 0.2) is 17.8 Å². The molecule has 0 fully saturated rings. The van der Waals surface area contributed by atoms with E-state index >= 15 is 0 Å². The molecule has 0 radical (unpaired) electrons. The van der Waals surface area contributed by atoms with Gasteiger partial charge in [0.1, 0.15) is 12.1 Å². The first-order valence-corrected chi connectivity index (χ1v) is 5.75. The van der Waals surface area contributed by atoms with Crippen LogP contribution in [-0.4, -0.2) is 9.97 Å². The molecule has 78 valence electrons. The van der Waals surface area contributed by atoms with Crippen LogP contribution >= 0.6 is 11.3 Å². The van der Waals surface area contributed by atoms with Gasteiger partial charge in [-0.05, 0) is 24.8 Å². The largest absolute Gasteiger partial charge is 0.383 e. The molecule has 2 N–H and O–H groups in total. The van der Waals surface area contributed by atoms with Crippen molar-refractivity contribution in [1.82, 2.24) is 9.97 Å². The lowest BCUT2D eigenvalue weighted by atomic mass is 10.1. The minimum atomic E-state index is 0.591. The fourth-order valence-electron chi connectivity index (χ4n) is 1.64. The van der Waals surface area contributed by atoms with Crippen molar-refractivity contribution in [2.45, 2.75) is 20.3 Å². The van der Waals surface area contributed by atoms with Gasteiger partial charge in [0, 0.05) is 16.0 Å². The van der Waals surface area contributed by atoms with Gasteiger partial charge in [0.25, 0.3) is 0 Å². The first-order valence-electron chi connectivity index (χ1n) is 4.87. The molecule has 0 bridgehead atoms. The second kappa shape index (κ2) is 3.98. The van der Waals surface area contributed by atoms with Gasteiger partial charge in [-0.15, -0.1) is 11.3 Å². The molecule has 0 aliphatic rings. The Morgan fingerprint density at radius 1 is 1.40 bits per heavy atom. The van der Waals surface area contributed by atoms with Crippen LogP contribution in [0.1, 0.15) is 17.4 Å². The van der Waals surface area contributed by atoms with Crippen LogP contribution in [0.4, 0.5) is 5.82 Å². The van der Waals surface area contributed by atoms with Crippen LogP contribution in [0.5, 0.6) is 0 Å². The van der Waals surface area contributed by atoms with Crippen molar-refractivity contribution in [3.8, 4) is 11.3 Å². The maximum absolute atomic E-state index is 5.84. The van der Waals surface area contributed by atoms with Gasteiger partial charge in [0.15, 0.2) is 0 Å². The lowest BCUT2D eigenvalue weighted by Crippen LogP contribution is -2.01. The molecule has 15 heavy (non-hydrogen) atoms. The topological polar surface area (TPSA) is 51.8 Å². The zero-order valence-electron chi connectivity index (χ0n) is 8.82. The van der Waals surface area contributed by atoms with Gasteiger partial charge >= 0.3 is 0 Å². The highest BCUT2D eigenvalue weighted by Gasteiger charge is 2.11. The summed E-state index contributed by atoms with van der Waals surface area (Å²) in [5, 5.41) is 2.07. The first-order chi connectivity index (χ1) is 7.24. The summed E-state index contributed by atoms with van der Waals surface area (Å²) in [5.74, 6) is 0.591. The third-order valence-corrected chi connectivity index (χ3v) is 3.29. The molecule has 2 rings (SSSR count). The number of thiophene rings is 1. The molecule has 0 amide bonds. The summed E-state index contributed by atoms with van der Waals surface area (Å²) >= 11 is 1.72. The fourth-order valence-corrected chi connectivity index (χ4v) is 2.34. The van der Waals surface area contributed by atoms with Crippen LogP contribution in [0.3, 0.4) is 0 Å². The summed E-state index contributed by atoms with van der Waals surface area (Å²) in [7, 11) is 0. The number of hydrogen-bond donors (Lipinski definition) is 1. The van der Waals surface area contributed by atoms with Crippen molar-refractivity contribution in [3.63, 3.8) is 0 Å². The molecule has 2 aromatic rings. The number of rotatable bonds is 2. The van der Waals surface area contributed by atoms with E-state index in [1.165, 1.54) is 16.8 Å². The van der Waals surface area contributed by atoms with Crippen molar-refractivity contribution in [2.75, 3.05) is 5.73 Å². The van der Waals surface area contributed by atoms with Gasteiger partial charge in [0.2, 0.25) is 0 Å². The van der Waals surface area contributed by atoms with E-state index in [4.69, 9.17) is 5.73 Å². The summed E-state index contributed by atoms with van der Waals surface area (Å²) < 4.78 is 0. The SMILES string of the molecule is CCc1c(N)ncnc1-c1ccsc1C. The Morgan fingerprint density at radius 3 is 2.80 bits per heavy atom. The fraction of sp³-hybridized carbons (Fsp3) is 0.273. The maximum Gasteiger partial charge on any atom is 0.130 e. The van der Waals surface area contributed by atoms with Gasteiger partial charge in [0.05, 0.1) is 5.69 Å². The molecule has 0 aliphatic carbocycles. The van der Waals surface area contributed by atoms with Crippen LogP contribution in [0.2, 0.25) is 0 Å². The average Bonchev–Trinajstić information content (AvgIpc) is 2.64. The maximum atomic E-state index is 5.84. The van der Waals surface area contributed by atoms with Gasteiger partial charge in [-0.25, -0.2) is 9.97 Å². The Morgan fingerprint density at radius 2 is 2.20 bits per heavy atom. The molecule has 2 heterocycles. The Hall–Kier alpha value is -1.42. The van der Waals surface area contributed by atoms with E-state index in [2.05, 4.69) is 35.3 Å². The molecule has 0 saturated heterocycles. The smallest absolute Gasteiger partial charge is 0.130 e. The molecule has 2 aromatic heterocycles. The highest BCUT2D eigenvalue weighted by atomic mass is 32.1. The molecule has 0 unspecified atom stereocenters. The number of anilines is 1. The van der Waals surface area contributed by atoms with E-state index in [0.29, 0.717) is 5.82 Å². The predicted molar refractivity (Wildman–Crippen MR) is 63.9 cm³/mol. The van der Waals surface area contributed by atoms with E-state index < -0.39 is 0 Å². The summed E-state index contributed by atoms with van der Waals surface area (Å²) in [6, 6.07) is 2.08. The Balaban J connectivity index is 2.63. The molecular weight excluding hydrogens is 206 g/mol. The van der Waals surface area contributed by atoms with Crippen LogP contribution in [0, 0.1) is 6.92 Å². The number of aryl methyl sites for hydroxylation is 1. The molecule has 0 saturated carbocycles. The van der Waals surface area contributed by atoms with Crippen molar-refractivity contribution in [2.24, 2.45) is 0 Å². The summed E-state index contributed by atoms with van der Waals surface area (Å²) in [5.41, 5.74) is 9.03. The molecule has 0 aromatic carbocycles. The zero-order valence-corrected chi connectivity index (χ0v) is 9.64. The third-order valence-electron chi connectivity index (χ3n) is 2.45. The quantitative estimate of drug-likeness (QED) is 0.844. The molecular formula is C11H13N3S. The third kappa shape index (κ3) is 1.72. The molecule has 0 spiro atoms. The van der Waals surface area contributed by atoms with E-state index in [9.17, 15) is 0 Å². The number of hydrogen-bond acceptors (Lipinski definition) is 4. The van der Waals surface area contributed by atoms with Gasteiger partial charge in [-0.3, -0.25) is 0 Å². The van der Waals surface area contributed by atoms with Crippen LogP contribution < -0.4 is 5.73 Å². The second-order valence-corrected chi connectivity index (χ2v) is 4.45. The summed E-state index contributed by atoms with van der Waals surface area (Å²) in [6.07, 6.45) is 2.39. The van der Waals surface area contributed by atoms with Crippen molar-refractivity contribution >= 4 is 17.2 Å². The van der Waals surface area contributed by atoms with Gasteiger partial charge < -0.3 is 5.73 Å². The lowest BCUT2D eigenvalue weighted by molar-refractivity contribution is 1.06. The van der Waals surface area contributed by atoms with E-state index in [1.807, 2.05) is 0 Å². The van der Waals surface area contributed by atoms with Gasteiger partial charge in [-0.2, -0.15) is 0 Å². The van der Waals surface area contributed by atoms with Crippen LogP contribution in [0.25, 0.3) is 11.3 Å².